The molecule has 0 aliphatic rings. The normalized spacial score (nSPS) is 10.5. The van der Waals surface area contributed by atoms with Crippen molar-refractivity contribution in [2.24, 2.45) is 0 Å². The Kier molecular flexibility index (Phi) is 2.93. The van der Waals surface area contributed by atoms with Crippen LogP contribution in [0.1, 0.15) is 0 Å². The molecule has 0 radical (unpaired) electrons. The molecule has 0 saturated heterocycles. The van der Waals surface area contributed by atoms with Gasteiger partial charge in [0.05, 0.1) is 4.88 Å². The van der Waals surface area contributed by atoms with E-state index in [1.165, 1.54) is 0 Å². The molecule has 4 N–H and O–H groups in total. The van der Waals surface area contributed by atoms with Gasteiger partial charge in [-0.15, -0.1) is 11.3 Å². The molecule has 1 aromatic heterocycles. The van der Waals surface area contributed by atoms with E-state index in [4.69, 9.17) is 11.5 Å². The predicted molar refractivity (Wildman–Crippen MR) is 81.8 cm³/mol. The Labute approximate surface area is 115 Å². The SMILES string of the molecule is Nc1ccc(N)c(-c2ncc(-c3ccccc3)s2)c1. The fourth-order valence-electron chi connectivity index (χ4n) is 1.89. The maximum atomic E-state index is 5.98. The first-order valence-electron chi connectivity index (χ1n) is 5.90. The van der Waals surface area contributed by atoms with Crippen LogP contribution in [0, 0.1) is 0 Å². The second-order valence-electron chi connectivity index (χ2n) is 4.24. The number of rotatable bonds is 2. The molecule has 3 aromatic rings. The first-order valence-corrected chi connectivity index (χ1v) is 6.72. The van der Waals surface area contributed by atoms with Gasteiger partial charge in [-0.05, 0) is 23.8 Å². The smallest absolute Gasteiger partial charge is 0.126 e. The number of thiazole rings is 1. The lowest BCUT2D eigenvalue weighted by atomic mass is 10.1. The van der Waals surface area contributed by atoms with E-state index in [0.29, 0.717) is 11.4 Å². The third kappa shape index (κ3) is 2.30. The molecule has 2 aromatic carbocycles. The van der Waals surface area contributed by atoms with Crippen molar-refractivity contribution >= 4 is 22.7 Å². The van der Waals surface area contributed by atoms with Gasteiger partial charge in [0.25, 0.3) is 0 Å². The number of nitrogens with two attached hydrogens (primary N) is 2. The standard InChI is InChI=1S/C15H13N3S/c16-11-6-7-13(17)12(8-11)15-18-9-14(19-15)10-4-2-1-3-5-10/h1-9H,16-17H2. The minimum absolute atomic E-state index is 0.695. The molecule has 3 nitrogen and oxygen atoms in total. The Bertz CT molecular complexity index is 704. The molecule has 3 rings (SSSR count). The summed E-state index contributed by atoms with van der Waals surface area (Å²) in [4.78, 5) is 5.57. The summed E-state index contributed by atoms with van der Waals surface area (Å²) in [5, 5.41) is 0.892. The summed E-state index contributed by atoms with van der Waals surface area (Å²) in [6.45, 7) is 0. The Morgan fingerprint density at radius 2 is 1.74 bits per heavy atom. The average Bonchev–Trinajstić information content (AvgIpc) is 2.92. The maximum Gasteiger partial charge on any atom is 0.126 e. The largest absolute Gasteiger partial charge is 0.399 e. The zero-order valence-electron chi connectivity index (χ0n) is 10.2. The van der Waals surface area contributed by atoms with E-state index in [1.54, 1.807) is 17.4 Å². The minimum atomic E-state index is 0.695. The molecule has 0 amide bonds. The average molecular weight is 267 g/mol. The van der Waals surface area contributed by atoms with Gasteiger partial charge >= 0.3 is 0 Å². The Morgan fingerprint density at radius 1 is 0.947 bits per heavy atom. The molecule has 94 valence electrons. The third-order valence-corrected chi connectivity index (χ3v) is 3.95. The highest BCUT2D eigenvalue weighted by molar-refractivity contribution is 7.18. The fraction of sp³-hybridized carbons (Fsp3) is 0. The van der Waals surface area contributed by atoms with Gasteiger partial charge < -0.3 is 11.5 Å². The van der Waals surface area contributed by atoms with Crippen molar-refractivity contribution in [3.63, 3.8) is 0 Å². The Hall–Kier alpha value is -2.33. The molecule has 0 fully saturated rings. The van der Waals surface area contributed by atoms with Crippen molar-refractivity contribution in [2.75, 3.05) is 11.5 Å². The maximum absolute atomic E-state index is 5.98. The fourth-order valence-corrected chi connectivity index (χ4v) is 2.85. The van der Waals surface area contributed by atoms with Crippen LogP contribution in [0.2, 0.25) is 0 Å². The summed E-state index contributed by atoms with van der Waals surface area (Å²) >= 11 is 1.62. The van der Waals surface area contributed by atoms with E-state index in [-0.39, 0.29) is 0 Å². The summed E-state index contributed by atoms with van der Waals surface area (Å²) in [5.41, 5.74) is 15.2. The number of nitrogen functional groups attached to an aromatic ring is 2. The molecule has 1 heterocycles. The third-order valence-electron chi connectivity index (χ3n) is 2.87. The van der Waals surface area contributed by atoms with Gasteiger partial charge in [0.15, 0.2) is 0 Å². The Balaban J connectivity index is 2.04. The van der Waals surface area contributed by atoms with Crippen LogP contribution in [0.3, 0.4) is 0 Å². The zero-order chi connectivity index (χ0) is 13.2. The van der Waals surface area contributed by atoms with E-state index in [9.17, 15) is 0 Å². The van der Waals surface area contributed by atoms with E-state index in [0.717, 1.165) is 21.0 Å². The van der Waals surface area contributed by atoms with Crippen molar-refractivity contribution in [3.05, 3.63) is 54.7 Å². The van der Waals surface area contributed by atoms with Crippen molar-refractivity contribution < 1.29 is 0 Å². The van der Waals surface area contributed by atoms with Gasteiger partial charge in [0.1, 0.15) is 5.01 Å². The quantitative estimate of drug-likeness (QED) is 0.697. The molecule has 0 saturated carbocycles. The second kappa shape index (κ2) is 4.74. The highest BCUT2D eigenvalue weighted by Crippen LogP contribution is 2.35. The predicted octanol–water partition coefficient (Wildman–Crippen LogP) is 3.64. The van der Waals surface area contributed by atoms with Crippen LogP contribution < -0.4 is 11.5 Å². The number of nitrogens with zero attached hydrogens (tertiary/aromatic N) is 1. The van der Waals surface area contributed by atoms with E-state index in [1.807, 2.05) is 36.5 Å². The summed E-state index contributed by atoms with van der Waals surface area (Å²) in [7, 11) is 0. The first-order chi connectivity index (χ1) is 9.24. The van der Waals surface area contributed by atoms with E-state index >= 15 is 0 Å². The number of hydrogen-bond donors (Lipinski definition) is 2. The molecule has 0 bridgehead atoms. The lowest BCUT2D eigenvalue weighted by Gasteiger charge is -2.02. The monoisotopic (exact) mass is 267 g/mol. The highest BCUT2D eigenvalue weighted by Gasteiger charge is 2.09. The first kappa shape index (κ1) is 11.7. The van der Waals surface area contributed by atoms with E-state index < -0.39 is 0 Å². The molecular weight excluding hydrogens is 254 g/mol. The van der Waals surface area contributed by atoms with Gasteiger partial charge in [-0.25, -0.2) is 4.98 Å². The number of aromatic nitrogens is 1. The van der Waals surface area contributed by atoms with Crippen LogP contribution in [0.4, 0.5) is 11.4 Å². The van der Waals surface area contributed by atoms with Crippen LogP contribution in [0.15, 0.2) is 54.7 Å². The molecule has 0 atom stereocenters. The van der Waals surface area contributed by atoms with Crippen molar-refractivity contribution in [2.45, 2.75) is 0 Å². The number of anilines is 2. The molecule has 0 aliphatic carbocycles. The minimum Gasteiger partial charge on any atom is -0.399 e. The zero-order valence-corrected chi connectivity index (χ0v) is 11.0. The summed E-state index contributed by atoms with van der Waals surface area (Å²) in [6.07, 6.45) is 1.87. The highest BCUT2D eigenvalue weighted by atomic mass is 32.1. The molecule has 0 spiro atoms. The van der Waals surface area contributed by atoms with Gasteiger partial charge in [0.2, 0.25) is 0 Å². The number of hydrogen-bond acceptors (Lipinski definition) is 4. The molecule has 19 heavy (non-hydrogen) atoms. The molecule has 4 heteroatoms. The van der Waals surface area contributed by atoms with Gasteiger partial charge in [-0.3, -0.25) is 0 Å². The van der Waals surface area contributed by atoms with Crippen LogP contribution in [-0.2, 0) is 0 Å². The lowest BCUT2D eigenvalue weighted by Crippen LogP contribution is -1.92. The Morgan fingerprint density at radius 3 is 2.53 bits per heavy atom. The van der Waals surface area contributed by atoms with Crippen LogP contribution >= 0.6 is 11.3 Å². The summed E-state index contributed by atoms with van der Waals surface area (Å²) < 4.78 is 0. The molecule has 0 aliphatic heterocycles. The summed E-state index contributed by atoms with van der Waals surface area (Å²) in [5.74, 6) is 0. The van der Waals surface area contributed by atoms with Crippen LogP contribution in [-0.4, -0.2) is 4.98 Å². The van der Waals surface area contributed by atoms with Gasteiger partial charge in [0, 0.05) is 23.1 Å². The lowest BCUT2D eigenvalue weighted by molar-refractivity contribution is 1.41. The van der Waals surface area contributed by atoms with E-state index in [2.05, 4.69) is 17.1 Å². The summed E-state index contributed by atoms with van der Waals surface area (Å²) in [6, 6.07) is 15.6. The molecule has 0 unspecified atom stereocenters. The van der Waals surface area contributed by atoms with Crippen molar-refractivity contribution in [3.8, 4) is 21.0 Å². The molecular formula is C15H13N3S. The van der Waals surface area contributed by atoms with Gasteiger partial charge in [-0.2, -0.15) is 0 Å². The van der Waals surface area contributed by atoms with Crippen LogP contribution in [0.25, 0.3) is 21.0 Å². The van der Waals surface area contributed by atoms with Crippen molar-refractivity contribution in [1.82, 2.24) is 4.98 Å². The number of benzene rings is 2. The van der Waals surface area contributed by atoms with Crippen molar-refractivity contribution in [1.29, 1.82) is 0 Å². The topological polar surface area (TPSA) is 64.9 Å². The second-order valence-corrected chi connectivity index (χ2v) is 5.27. The van der Waals surface area contributed by atoms with Crippen LogP contribution in [0.5, 0.6) is 0 Å². The van der Waals surface area contributed by atoms with Gasteiger partial charge in [-0.1, -0.05) is 30.3 Å².